The molecule has 2 nitrogen and oxygen atoms in total. The van der Waals surface area contributed by atoms with E-state index in [1.54, 1.807) is 0 Å². The second-order valence-corrected chi connectivity index (χ2v) is 5.54. The lowest BCUT2D eigenvalue weighted by Crippen LogP contribution is -2.48. The van der Waals surface area contributed by atoms with Gasteiger partial charge < -0.3 is 10.6 Å². The van der Waals surface area contributed by atoms with Crippen molar-refractivity contribution in [1.29, 1.82) is 0 Å². The summed E-state index contributed by atoms with van der Waals surface area (Å²) in [6, 6.07) is 9.85. The summed E-state index contributed by atoms with van der Waals surface area (Å²) in [6.07, 6.45) is 7.93. The number of rotatable bonds is 1. The Balaban J connectivity index is 1.88. The average Bonchev–Trinajstić information content (AvgIpc) is 2.39. The van der Waals surface area contributed by atoms with Crippen molar-refractivity contribution >= 4 is 5.69 Å². The van der Waals surface area contributed by atoms with Crippen LogP contribution < -0.4 is 10.6 Å². The highest BCUT2D eigenvalue weighted by Crippen LogP contribution is 2.32. The predicted octanol–water partition coefficient (Wildman–Crippen LogP) is 2.71. The van der Waals surface area contributed by atoms with E-state index in [1.807, 2.05) is 0 Å². The lowest BCUT2D eigenvalue weighted by molar-refractivity contribution is 0.399. The number of benzene rings is 1. The Hall–Kier alpha value is -1.02. The van der Waals surface area contributed by atoms with Gasteiger partial charge in [-0.2, -0.15) is 0 Å². The minimum absolute atomic E-state index is 0.312. The second-order valence-electron chi connectivity index (χ2n) is 5.54. The molecule has 2 N–H and O–H groups in total. The Kier molecular flexibility index (Phi) is 3.06. The molecular formula is C15H22N2. The van der Waals surface area contributed by atoms with Gasteiger partial charge in [-0.05, 0) is 30.9 Å². The van der Waals surface area contributed by atoms with E-state index >= 15 is 0 Å². The standard InChI is InChI=1S/C15H22N2/c16-13-10-12-6-4-5-9-15(12)17(11-13)14-7-2-1-3-8-14/h4-6,9,13-14H,1-3,7-8,10-11,16H2. The maximum Gasteiger partial charge on any atom is 0.0402 e. The van der Waals surface area contributed by atoms with Crippen LogP contribution in [0.2, 0.25) is 0 Å². The van der Waals surface area contributed by atoms with Gasteiger partial charge in [0, 0.05) is 24.3 Å². The third-order valence-corrected chi connectivity index (χ3v) is 4.23. The molecule has 1 aromatic rings. The molecule has 17 heavy (non-hydrogen) atoms. The lowest BCUT2D eigenvalue weighted by Gasteiger charge is -2.42. The molecule has 0 bridgehead atoms. The van der Waals surface area contributed by atoms with E-state index in [4.69, 9.17) is 5.73 Å². The van der Waals surface area contributed by atoms with Crippen LogP contribution in [0.15, 0.2) is 24.3 Å². The van der Waals surface area contributed by atoms with Crippen LogP contribution in [0.3, 0.4) is 0 Å². The molecule has 1 fully saturated rings. The van der Waals surface area contributed by atoms with Crippen molar-refractivity contribution in [3.63, 3.8) is 0 Å². The van der Waals surface area contributed by atoms with Gasteiger partial charge in [0.1, 0.15) is 0 Å². The Morgan fingerprint density at radius 3 is 2.65 bits per heavy atom. The molecule has 1 aromatic carbocycles. The van der Waals surface area contributed by atoms with Gasteiger partial charge in [-0.15, -0.1) is 0 Å². The molecule has 1 heterocycles. The third kappa shape index (κ3) is 2.19. The summed E-state index contributed by atoms with van der Waals surface area (Å²) < 4.78 is 0. The van der Waals surface area contributed by atoms with Crippen LogP contribution >= 0.6 is 0 Å². The van der Waals surface area contributed by atoms with E-state index < -0.39 is 0 Å². The van der Waals surface area contributed by atoms with Crippen molar-refractivity contribution in [2.75, 3.05) is 11.4 Å². The summed E-state index contributed by atoms with van der Waals surface area (Å²) in [5, 5.41) is 0. The Bertz CT molecular complexity index is 382. The molecule has 1 unspecified atom stereocenters. The van der Waals surface area contributed by atoms with Crippen molar-refractivity contribution in [2.45, 2.75) is 50.6 Å². The first-order valence-electron chi connectivity index (χ1n) is 6.95. The summed E-state index contributed by atoms with van der Waals surface area (Å²) in [5.74, 6) is 0. The zero-order valence-electron chi connectivity index (χ0n) is 10.4. The Labute approximate surface area is 104 Å². The number of fused-ring (bicyclic) bond motifs is 1. The molecule has 3 rings (SSSR count). The first kappa shape index (κ1) is 11.1. The minimum atomic E-state index is 0.312. The molecule has 1 aliphatic carbocycles. The summed E-state index contributed by atoms with van der Waals surface area (Å²) in [7, 11) is 0. The molecule has 0 spiro atoms. The molecule has 2 aliphatic rings. The van der Waals surface area contributed by atoms with Crippen molar-refractivity contribution < 1.29 is 0 Å². The summed E-state index contributed by atoms with van der Waals surface area (Å²) in [6.45, 7) is 1.04. The zero-order chi connectivity index (χ0) is 11.7. The second kappa shape index (κ2) is 4.69. The monoisotopic (exact) mass is 230 g/mol. The smallest absolute Gasteiger partial charge is 0.0402 e. The quantitative estimate of drug-likeness (QED) is 0.803. The van der Waals surface area contributed by atoms with Crippen LogP contribution in [0, 0.1) is 0 Å². The topological polar surface area (TPSA) is 29.3 Å². The summed E-state index contributed by atoms with van der Waals surface area (Å²) in [4.78, 5) is 2.59. The van der Waals surface area contributed by atoms with E-state index in [-0.39, 0.29) is 0 Å². The highest BCUT2D eigenvalue weighted by Gasteiger charge is 2.28. The normalized spacial score (nSPS) is 25.7. The fourth-order valence-electron chi connectivity index (χ4n) is 3.40. The molecule has 1 saturated carbocycles. The van der Waals surface area contributed by atoms with Crippen LogP contribution in [0.25, 0.3) is 0 Å². The number of nitrogens with two attached hydrogens (primary N) is 1. The summed E-state index contributed by atoms with van der Waals surface area (Å²) in [5.41, 5.74) is 9.09. The first-order chi connectivity index (χ1) is 8.34. The van der Waals surface area contributed by atoms with Gasteiger partial charge in [-0.25, -0.2) is 0 Å². The number of nitrogens with zero attached hydrogens (tertiary/aromatic N) is 1. The number of hydrogen-bond acceptors (Lipinski definition) is 2. The molecule has 0 radical (unpaired) electrons. The van der Waals surface area contributed by atoms with Crippen molar-refractivity contribution in [2.24, 2.45) is 5.73 Å². The third-order valence-electron chi connectivity index (χ3n) is 4.23. The van der Waals surface area contributed by atoms with Crippen LogP contribution in [-0.4, -0.2) is 18.6 Å². The molecule has 0 amide bonds. The van der Waals surface area contributed by atoms with Gasteiger partial charge in [0.25, 0.3) is 0 Å². The van der Waals surface area contributed by atoms with Crippen LogP contribution in [0.1, 0.15) is 37.7 Å². The van der Waals surface area contributed by atoms with Crippen molar-refractivity contribution in [1.82, 2.24) is 0 Å². The number of anilines is 1. The fourth-order valence-corrected chi connectivity index (χ4v) is 3.40. The largest absolute Gasteiger partial charge is 0.367 e. The molecule has 0 saturated heterocycles. The summed E-state index contributed by atoms with van der Waals surface area (Å²) >= 11 is 0. The lowest BCUT2D eigenvalue weighted by atomic mass is 9.90. The minimum Gasteiger partial charge on any atom is -0.367 e. The molecule has 1 atom stereocenters. The molecule has 1 aliphatic heterocycles. The van der Waals surface area contributed by atoms with Crippen molar-refractivity contribution in [3.8, 4) is 0 Å². The van der Waals surface area contributed by atoms with Gasteiger partial charge in [0.2, 0.25) is 0 Å². The van der Waals surface area contributed by atoms with Gasteiger partial charge in [0.15, 0.2) is 0 Å². The van der Waals surface area contributed by atoms with Gasteiger partial charge in [0.05, 0.1) is 0 Å². The SMILES string of the molecule is NC1Cc2ccccc2N(C2CCCCC2)C1. The number of hydrogen-bond donors (Lipinski definition) is 1. The molecular weight excluding hydrogens is 208 g/mol. The molecule has 2 heteroatoms. The molecule has 0 aromatic heterocycles. The maximum absolute atomic E-state index is 6.20. The first-order valence-corrected chi connectivity index (χ1v) is 6.95. The zero-order valence-corrected chi connectivity index (χ0v) is 10.4. The van der Waals surface area contributed by atoms with Gasteiger partial charge in [-0.3, -0.25) is 0 Å². The van der Waals surface area contributed by atoms with E-state index in [0.29, 0.717) is 6.04 Å². The van der Waals surface area contributed by atoms with Crippen LogP contribution in [0.4, 0.5) is 5.69 Å². The van der Waals surface area contributed by atoms with Crippen molar-refractivity contribution in [3.05, 3.63) is 29.8 Å². The Morgan fingerprint density at radius 1 is 1.06 bits per heavy atom. The highest BCUT2D eigenvalue weighted by atomic mass is 15.2. The van der Waals surface area contributed by atoms with E-state index in [2.05, 4.69) is 29.2 Å². The van der Waals surface area contributed by atoms with Crippen LogP contribution in [0.5, 0.6) is 0 Å². The predicted molar refractivity (Wildman–Crippen MR) is 72.3 cm³/mol. The highest BCUT2D eigenvalue weighted by molar-refractivity contribution is 5.57. The number of para-hydroxylation sites is 1. The van der Waals surface area contributed by atoms with E-state index in [9.17, 15) is 0 Å². The van der Waals surface area contributed by atoms with Gasteiger partial charge >= 0.3 is 0 Å². The van der Waals surface area contributed by atoms with E-state index in [0.717, 1.165) is 19.0 Å². The fraction of sp³-hybridized carbons (Fsp3) is 0.600. The maximum atomic E-state index is 6.20. The Morgan fingerprint density at radius 2 is 1.82 bits per heavy atom. The van der Waals surface area contributed by atoms with E-state index in [1.165, 1.54) is 43.4 Å². The van der Waals surface area contributed by atoms with Gasteiger partial charge in [-0.1, -0.05) is 37.5 Å². The average molecular weight is 230 g/mol. The molecule has 92 valence electrons. The van der Waals surface area contributed by atoms with Crippen LogP contribution in [-0.2, 0) is 6.42 Å².